The largest absolute Gasteiger partial charge is 0.457 e. The van der Waals surface area contributed by atoms with E-state index in [-0.39, 0.29) is 34.5 Å². The van der Waals surface area contributed by atoms with Gasteiger partial charge in [0.2, 0.25) is 5.95 Å². The summed E-state index contributed by atoms with van der Waals surface area (Å²) in [6.45, 7) is 0. The van der Waals surface area contributed by atoms with E-state index in [4.69, 9.17) is 10.5 Å². The van der Waals surface area contributed by atoms with Crippen LogP contribution in [0.4, 0.5) is 39.4 Å². The molecule has 3 N–H and O–H groups in total. The first-order valence-corrected chi connectivity index (χ1v) is 9.35. The molecule has 11 heteroatoms. The van der Waals surface area contributed by atoms with Crippen LogP contribution in [0.1, 0.15) is 5.69 Å². The molecule has 0 unspecified atom stereocenters. The van der Waals surface area contributed by atoms with Crippen molar-refractivity contribution in [3.05, 3.63) is 84.2 Å². The van der Waals surface area contributed by atoms with Crippen LogP contribution in [0.2, 0.25) is 0 Å². The Morgan fingerprint density at radius 2 is 1.52 bits per heavy atom. The number of halogens is 5. The Bertz CT molecular complexity index is 1280. The standard InChI is InChI=1S/C22H14F5N5O/c23-13-7-12(8-14(24)9-13)18-11-20(32-21(28)31-18)30-15-1-3-16(4-2-15)33-17-5-6-29-19(10-17)22(25,26)27/h1-11H,(H3,28,30,31,32). The Balaban J connectivity index is 1.51. The summed E-state index contributed by atoms with van der Waals surface area (Å²) in [5, 5.41) is 2.97. The second-order valence-corrected chi connectivity index (χ2v) is 6.78. The van der Waals surface area contributed by atoms with E-state index in [2.05, 4.69) is 20.3 Å². The van der Waals surface area contributed by atoms with Crippen molar-refractivity contribution >= 4 is 17.5 Å². The normalized spacial score (nSPS) is 11.3. The first-order valence-electron chi connectivity index (χ1n) is 9.35. The Morgan fingerprint density at radius 1 is 0.818 bits per heavy atom. The van der Waals surface area contributed by atoms with E-state index in [1.165, 1.54) is 24.3 Å². The summed E-state index contributed by atoms with van der Waals surface area (Å²) in [6, 6.07) is 12.8. The molecule has 33 heavy (non-hydrogen) atoms. The number of ether oxygens (including phenoxy) is 1. The van der Waals surface area contributed by atoms with Crippen LogP contribution >= 0.6 is 0 Å². The molecule has 2 aromatic heterocycles. The molecule has 4 rings (SSSR count). The molecule has 168 valence electrons. The number of pyridine rings is 1. The quantitative estimate of drug-likeness (QED) is 0.359. The lowest BCUT2D eigenvalue weighted by molar-refractivity contribution is -0.141. The number of nitrogens with one attached hydrogen (secondary N) is 1. The number of alkyl halides is 3. The van der Waals surface area contributed by atoms with Gasteiger partial charge in [-0.15, -0.1) is 0 Å². The van der Waals surface area contributed by atoms with Gasteiger partial charge in [0.1, 0.15) is 34.6 Å². The Morgan fingerprint density at radius 3 is 2.18 bits per heavy atom. The minimum atomic E-state index is -4.58. The van der Waals surface area contributed by atoms with Gasteiger partial charge >= 0.3 is 6.18 Å². The first kappa shape index (κ1) is 21.9. The molecular formula is C22H14F5N5O. The number of hydrogen-bond donors (Lipinski definition) is 2. The number of anilines is 3. The zero-order valence-corrected chi connectivity index (χ0v) is 16.6. The maximum atomic E-state index is 13.5. The van der Waals surface area contributed by atoms with Crippen molar-refractivity contribution in [2.45, 2.75) is 6.18 Å². The molecule has 0 amide bonds. The van der Waals surface area contributed by atoms with Gasteiger partial charge in [-0.25, -0.2) is 13.8 Å². The predicted octanol–water partition coefficient (Wildman–Crippen LogP) is 5.95. The van der Waals surface area contributed by atoms with E-state index in [9.17, 15) is 22.0 Å². The molecule has 0 aliphatic heterocycles. The number of rotatable bonds is 5. The average Bonchev–Trinajstić information content (AvgIpc) is 2.74. The van der Waals surface area contributed by atoms with Gasteiger partial charge in [0.25, 0.3) is 0 Å². The summed E-state index contributed by atoms with van der Waals surface area (Å²) in [5.74, 6) is -1.10. The zero-order valence-electron chi connectivity index (χ0n) is 16.6. The number of hydrogen-bond acceptors (Lipinski definition) is 6. The lowest BCUT2D eigenvalue weighted by Gasteiger charge is -2.11. The minimum absolute atomic E-state index is 0.0198. The van der Waals surface area contributed by atoms with Crippen LogP contribution in [-0.4, -0.2) is 15.0 Å². The molecule has 2 heterocycles. The maximum absolute atomic E-state index is 13.5. The van der Waals surface area contributed by atoms with Crippen molar-refractivity contribution in [1.82, 2.24) is 15.0 Å². The fourth-order valence-corrected chi connectivity index (χ4v) is 2.90. The van der Waals surface area contributed by atoms with Crippen LogP contribution in [0.25, 0.3) is 11.3 Å². The minimum Gasteiger partial charge on any atom is -0.457 e. The van der Waals surface area contributed by atoms with Crippen molar-refractivity contribution in [2.24, 2.45) is 0 Å². The molecule has 6 nitrogen and oxygen atoms in total. The lowest BCUT2D eigenvalue weighted by atomic mass is 10.1. The molecule has 2 aromatic carbocycles. The average molecular weight is 459 g/mol. The third kappa shape index (κ3) is 5.50. The molecule has 0 saturated carbocycles. The molecule has 0 aliphatic rings. The molecule has 0 aliphatic carbocycles. The van der Waals surface area contributed by atoms with Crippen molar-refractivity contribution in [3.8, 4) is 22.8 Å². The summed E-state index contributed by atoms with van der Waals surface area (Å²) in [4.78, 5) is 11.3. The highest BCUT2D eigenvalue weighted by Gasteiger charge is 2.32. The Labute approximate surface area is 183 Å². The molecule has 0 bridgehead atoms. The molecule has 0 spiro atoms. The van der Waals surface area contributed by atoms with Crippen molar-refractivity contribution in [3.63, 3.8) is 0 Å². The molecule has 0 fully saturated rings. The fraction of sp³-hybridized carbons (Fsp3) is 0.0455. The molecular weight excluding hydrogens is 445 g/mol. The van der Waals surface area contributed by atoms with Gasteiger partial charge in [-0.1, -0.05) is 0 Å². The number of nitrogens with two attached hydrogens (primary N) is 1. The van der Waals surface area contributed by atoms with E-state index >= 15 is 0 Å². The molecule has 0 saturated heterocycles. The maximum Gasteiger partial charge on any atom is 0.433 e. The smallest absolute Gasteiger partial charge is 0.433 e. The summed E-state index contributed by atoms with van der Waals surface area (Å²) >= 11 is 0. The van der Waals surface area contributed by atoms with E-state index in [0.717, 1.165) is 30.5 Å². The van der Waals surface area contributed by atoms with Gasteiger partial charge in [0.15, 0.2) is 0 Å². The summed E-state index contributed by atoms with van der Waals surface area (Å²) < 4.78 is 70.9. The van der Waals surface area contributed by atoms with Crippen molar-refractivity contribution in [1.29, 1.82) is 0 Å². The Kier molecular flexibility index (Phi) is 5.78. The van der Waals surface area contributed by atoms with Gasteiger partial charge in [-0.05, 0) is 42.5 Å². The van der Waals surface area contributed by atoms with E-state index in [1.807, 2.05) is 0 Å². The summed E-state index contributed by atoms with van der Waals surface area (Å²) in [5.41, 5.74) is 5.60. The topological polar surface area (TPSA) is 86.0 Å². The first-order chi connectivity index (χ1) is 15.7. The molecule has 0 atom stereocenters. The van der Waals surface area contributed by atoms with Gasteiger partial charge in [0.05, 0.1) is 5.69 Å². The third-order valence-electron chi connectivity index (χ3n) is 4.29. The monoisotopic (exact) mass is 459 g/mol. The van der Waals surface area contributed by atoms with Crippen LogP contribution < -0.4 is 15.8 Å². The van der Waals surface area contributed by atoms with Crippen LogP contribution in [0.3, 0.4) is 0 Å². The van der Waals surface area contributed by atoms with Gasteiger partial charge in [0, 0.05) is 35.6 Å². The molecule has 4 aromatic rings. The van der Waals surface area contributed by atoms with E-state index in [0.29, 0.717) is 5.69 Å². The highest BCUT2D eigenvalue weighted by atomic mass is 19.4. The second kappa shape index (κ2) is 8.69. The van der Waals surface area contributed by atoms with Crippen LogP contribution in [0, 0.1) is 11.6 Å². The zero-order chi connectivity index (χ0) is 23.6. The van der Waals surface area contributed by atoms with Gasteiger partial charge in [-0.2, -0.15) is 18.2 Å². The number of benzene rings is 2. The number of nitrogen functional groups attached to an aromatic ring is 1. The van der Waals surface area contributed by atoms with Crippen LogP contribution in [0.15, 0.2) is 66.9 Å². The lowest BCUT2D eigenvalue weighted by Crippen LogP contribution is -2.07. The highest BCUT2D eigenvalue weighted by molar-refractivity contribution is 5.67. The SMILES string of the molecule is Nc1nc(Nc2ccc(Oc3ccnc(C(F)(F)F)c3)cc2)cc(-c2cc(F)cc(F)c2)n1. The van der Waals surface area contributed by atoms with Crippen molar-refractivity contribution in [2.75, 3.05) is 11.1 Å². The van der Waals surface area contributed by atoms with Gasteiger partial charge in [-0.3, -0.25) is 4.98 Å². The van der Waals surface area contributed by atoms with E-state index < -0.39 is 23.5 Å². The number of aromatic nitrogens is 3. The summed E-state index contributed by atoms with van der Waals surface area (Å²) in [7, 11) is 0. The predicted molar refractivity (Wildman–Crippen MR) is 111 cm³/mol. The van der Waals surface area contributed by atoms with Gasteiger partial charge < -0.3 is 15.8 Å². The number of nitrogens with zero attached hydrogens (tertiary/aromatic N) is 3. The Hall–Kier alpha value is -4.28. The van der Waals surface area contributed by atoms with Crippen molar-refractivity contribution < 1.29 is 26.7 Å². The molecule has 0 radical (unpaired) electrons. The second-order valence-electron chi connectivity index (χ2n) is 6.78. The van der Waals surface area contributed by atoms with Crippen LogP contribution in [0.5, 0.6) is 11.5 Å². The van der Waals surface area contributed by atoms with Crippen LogP contribution in [-0.2, 0) is 6.18 Å². The highest BCUT2D eigenvalue weighted by Crippen LogP contribution is 2.31. The summed E-state index contributed by atoms with van der Waals surface area (Å²) in [6.07, 6.45) is -3.57. The third-order valence-corrected chi connectivity index (χ3v) is 4.29. The van der Waals surface area contributed by atoms with E-state index in [1.54, 1.807) is 12.1 Å². The fourth-order valence-electron chi connectivity index (χ4n) is 2.90.